The largest absolute Gasteiger partial charge is 0.356 e. The van der Waals surface area contributed by atoms with Crippen LogP contribution in [0, 0.1) is 0 Å². The van der Waals surface area contributed by atoms with Crippen molar-refractivity contribution in [2.24, 2.45) is 0 Å². The molecule has 8 heteroatoms. The normalized spacial score (nSPS) is 18.8. The van der Waals surface area contributed by atoms with Crippen LogP contribution in [0.15, 0.2) is 18.6 Å². The third-order valence-corrected chi connectivity index (χ3v) is 4.29. The summed E-state index contributed by atoms with van der Waals surface area (Å²) in [5, 5.41) is 3.34. The Balaban J connectivity index is 1.99. The summed E-state index contributed by atoms with van der Waals surface area (Å²) in [6.07, 6.45) is 5.76. The van der Waals surface area contributed by atoms with Crippen molar-refractivity contribution < 1.29 is 9.53 Å². The Bertz CT molecular complexity index is 466. The first kappa shape index (κ1) is 17.1. The first-order valence-corrected chi connectivity index (χ1v) is 8.19. The van der Waals surface area contributed by atoms with Crippen LogP contribution in [0.3, 0.4) is 0 Å². The molecule has 1 N–H and O–H groups in total. The van der Waals surface area contributed by atoms with E-state index in [2.05, 4.69) is 36.1 Å². The van der Waals surface area contributed by atoms with Crippen molar-refractivity contribution >= 4 is 28.2 Å². The molecule has 22 heavy (non-hydrogen) atoms. The average Bonchev–Trinajstić information content (AvgIpc) is 2.55. The summed E-state index contributed by atoms with van der Waals surface area (Å²) < 4.78 is 5.50. The van der Waals surface area contributed by atoms with E-state index >= 15 is 0 Å². The number of hydrogen-bond acceptors (Lipinski definition) is 6. The Morgan fingerprint density at radius 1 is 1.59 bits per heavy atom. The molecular weight excluding hydrogens is 350 g/mol. The van der Waals surface area contributed by atoms with Gasteiger partial charge in [-0.1, -0.05) is 15.9 Å². The smallest absolute Gasteiger partial charge is 0.210 e. The fourth-order valence-corrected chi connectivity index (χ4v) is 2.75. The Morgan fingerprint density at radius 3 is 2.86 bits per heavy atom. The van der Waals surface area contributed by atoms with Gasteiger partial charge in [0, 0.05) is 39.2 Å². The maximum absolute atomic E-state index is 11.3. The van der Waals surface area contributed by atoms with Gasteiger partial charge in [0.15, 0.2) is 0 Å². The van der Waals surface area contributed by atoms with Crippen molar-refractivity contribution in [1.82, 2.24) is 20.2 Å². The van der Waals surface area contributed by atoms with Crippen molar-refractivity contribution in [2.75, 3.05) is 31.8 Å². The number of halogens is 1. The molecule has 1 saturated heterocycles. The molecule has 1 aliphatic rings. The lowest BCUT2D eigenvalue weighted by molar-refractivity contribution is -0.125. The fraction of sp³-hybridized carbons (Fsp3) is 0.643. The number of carbonyl (C=O) groups is 1. The average molecular weight is 372 g/mol. The second-order valence-corrected chi connectivity index (χ2v) is 6.62. The van der Waals surface area contributed by atoms with Gasteiger partial charge in [-0.15, -0.1) is 0 Å². The van der Waals surface area contributed by atoms with Crippen LogP contribution in [0.5, 0.6) is 0 Å². The molecule has 1 amide bonds. The molecule has 1 fully saturated rings. The molecule has 0 bridgehead atoms. The summed E-state index contributed by atoms with van der Waals surface area (Å²) in [7, 11) is 1.80. The number of nitrogens with one attached hydrogen (secondary N) is 1. The molecule has 122 valence electrons. The van der Waals surface area contributed by atoms with Gasteiger partial charge in [0.05, 0.1) is 12.4 Å². The van der Waals surface area contributed by atoms with E-state index in [0.717, 1.165) is 38.2 Å². The maximum Gasteiger partial charge on any atom is 0.210 e. The standard InChI is InChI=1S/C14H22BrN5O2/c1-12(15)22-10-18-14(19(2)11-21)4-7-20(8-5-14)13-3-6-16-9-17-13/h3,6,9,11-12,18H,4-5,7-8,10H2,1-2H3. The minimum atomic E-state index is -0.382. The van der Waals surface area contributed by atoms with E-state index in [1.54, 1.807) is 24.5 Å². The van der Waals surface area contributed by atoms with Gasteiger partial charge in [-0.2, -0.15) is 0 Å². The number of amides is 1. The molecule has 1 aromatic heterocycles. The van der Waals surface area contributed by atoms with Crippen molar-refractivity contribution in [3.05, 3.63) is 18.6 Å². The quantitative estimate of drug-likeness (QED) is 0.440. The van der Waals surface area contributed by atoms with Gasteiger partial charge in [-0.05, 0) is 13.0 Å². The summed E-state index contributed by atoms with van der Waals surface area (Å²) in [4.78, 5) is 23.4. The Morgan fingerprint density at radius 2 is 2.32 bits per heavy atom. The van der Waals surface area contributed by atoms with E-state index in [1.165, 1.54) is 0 Å². The van der Waals surface area contributed by atoms with E-state index in [9.17, 15) is 4.79 Å². The summed E-state index contributed by atoms with van der Waals surface area (Å²) in [6.45, 7) is 3.92. The lowest BCUT2D eigenvalue weighted by atomic mass is 9.95. The third kappa shape index (κ3) is 4.15. The topological polar surface area (TPSA) is 70.6 Å². The number of ether oxygens (including phenoxy) is 1. The van der Waals surface area contributed by atoms with E-state index in [0.29, 0.717) is 6.73 Å². The van der Waals surface area contributed by atoms with Gasteiger partial charge in [-0.3, -0.25) is 10.1 Å². The Kier molecular flexibility index (Phi) is 6.10. The van der Waals surface area contributed by atoms with Gasteiger partial charge >= 0.3 is 0 Å². The summed E-state index contributed by atoms with van der Waals surface area (Å²) in [6, 6.07) is 1.90. The minimum Gasteiger partial charge on any atom is -0.356 e. The maximum atomic E-state index is 11.3. The van der Waals surface area contributed by atoms with Crippen LogP contribution in [0.1, 0.15) is 19.8 Å². The monoisotopic (exact) mass is 371 g/mol. The lowest BCUT2D eigenvalue weighted by Crippen LogP contribution is -2.62. The van der Waals surface area contributed by atoms with Gasteiger partial charge in [-0.25, -0.2) is 9.97 Å². The van der Waals surface area contributed by atoms with Crippen LogP contribution in [-0.2, 0) is 9.53 Å². The van der Waals surface area contributed by atoms with Gasteiger partial charge in [0.1, 0.15) is 17.2 Å². The van der Waals surface area contributed by atoms with Crippen LogP contribution in [0.25, 0.3) is 0 Å². The molecule has 1 aliphatic heterocycles. The van der Waals surface area contributed by atoms with E-state index < -0.39 is 0 Å². The molecule has 7 nitrogen and oxygen atoms in total. The number of anilines is 1. The predicted octanol–water partition coefficient (Wildman–Crippen LogP) is 1.17. The highest BCUT2D eigenvalue weighted by molar-refractivity contribution is 9.09. The zero-order chi connectivity index (χ0) is 16.0. The molecule has 1 atom stereocenters. The van der Waals surface area contributed by atoms with Crippen molar-refractivity contribution in [3.8, 4) is 0 Å². The molecule has 2 rings (SSSR count). The third-order valence-electron chi connectivity index (χ3n) is 4.03. The number of rotatable bonds is 7. The zero-order valence-electron chi connectivity index (χ0n) is 12.9. The van der Waals surface area contributed by atoms with E-state index in [4.69, 9.17) is 4.74 Å². The van der Waals surface area contributed by atoms with Crippen LogP contribution in [0.2, 0.25) is 0 Å². The predicted molar refractivity (Wildman–Crippen MR) is 87.5 cm³/mol. The molecule has 2 heterocycles. The van der Waals surface area contributed by atoms with E-state index in [-0.39, 0.29) is 10.7 Å². The van der Waals surface area contributed by atoms with E-state index in [1.807, 2.05) is 13.0 Å². The SMILES string of the molecule is CC(Br)OCNC1(N(C)C=O)CCN(c2ccncn2)CC1. The summed E-state index contributed by atoms with van der Waals surface area (Å²) >= 11 is 3.34. The van der Waals surface area contributed by atoms with Crippen LogP contribution in [0.4, 0.5) is 5.82 Å². The number of carbonyl (C=O) groups excluding carboxylic acids is 1. The molecule has 0 saturated carbocycles. The highest BCUT2D eigenvalue weighted by atomic mass is 79.9. The van der Waals surface area contributed by atoms with Crippen LogP contribution in [-0.4, -0.2) is 58.8 Å². The van der Waals surface area contributed by atoms with Crippen LogP contribution >= 0.6 is 15.9 Å². The fourth-order valence-electron chi connectivity index (χ4n) is 2.62. The number of nitrogens with zero attached hydrogens (tertiary/aromatic N) is 4. The molecule has 0 aromatic carbocycles. The van der Waals surface area contributed by atoms with Gasteiger partial charge < -0.3 is 14.5 Å². The highest BCUT2D eigenvalue weighted by Crippen LogP contribution is 2.27. The first-order valence-electron chi connectivity index (χ1n) is 7.27. The number of hydrogen-bond donors (Lipinski definition) is 1. The second kappa shape index (κ2) is 7.85. The Hall–Kier alpha value is -1.25. The van der Waals surface area contributed by atoms with Crippen molar-refractivity contribution in [2.45, 2.75) is 30.4 Å². The first-order chi connectivity index (χ1) is 10.6. The van der Waals surface area contributed by atoms with Gasteiger partial charge in [0.2, 0.25) is 6.41 Å². The van der Waals surface area contributed by atoms with Crippen molar-refractivity contribution in [1.29, 1.82) is 0 Å². The van der Waals surface area contributed by atoms with Crippen molar-refractivity contribution in [3.63, 3.8) is 0 Å². The molecule has 1 unspecified atom stereocenters. The Labute approximate surface area is 139 Å². The minimum absolute atomic E-state index is 0.0281. The number of alkyl halides is 1. The molecule has 0 radical (unpaired) electrons. The highest BCUT2D eigenvalue weighted by Gasteiger charge is 2.37. The zero-order valence-corrected chi connectivity index (χ0v) is 14.5. The molecule has 1 aromatic rings. The van der Waals surface area contributed by atoms with Crippen LogP contribution < -0.4 is 10.2 Å². The summed E-state index contributed by atoms with van der Waals surface area (Å²) in [5.74, 6) is 0.919. The summed E-state index contributed by atoms with van der Waals surface area (Å²) in [5.41, 5.74) is -0.382. The lowest BCUT2D eigenvalue weighted by Gasteiger charge is -2.46. The van der Waals surface area contributed by atoms with Gasteiger partial charge in [0.25, 0.3) is 0 Å². The molecule has 0 aliphatic carbocycles. The number of piperidine rings is 1. The number of aromatic nitrogens is 2. The second-order valence-electron chi connectivity index (χ2n) is 5.33. The molecule has 0 spiro atoms. The molecular formula is C14H22BrN5O2.